The number of amides is 1. The van der Waals surface area contributed by atoms with Crippen molar-refractivity contribution in [3.8, 4) is 0 Å². The van der Waals surface area contributed by atoms with Gasteiger partial charge in [-0.1, -0.05) is 11.6 Å². The highest BCUT2D eigenvalue weighted by Crippen LogP contribution is 2.35. The van der Waals surface area contributed by atoms with Crippen LogP contribution < -0.4 is 0 Å². The molecular weight excluding hydrogens is 313 g/mol. The Hall–Kier alpha value is -0.940. The van der Waals surface area contributed by atoms with Crippen LogP contribution in [0, 0.1) is 5.82 Å². The van der Waals surface area contributed by atoms with Crippen molar-refractivity contribution in [1.82, 2.24) is 4.90 Å². The summed E-state index contributed by atoms with van der Waals surface area (Å²) in [6.07, 6.45) is 0.591. The van der Waals surface area contributed by atoms with Crippen LogP contribution in [0.3, 0.4) is 0 Å². The molecule has 1 fully saturated rings. The molecule has 1 amide bonds. The van der Waals surface area contributed by atoms with Crippen LogP contribution in [0.25, 0.3) is 0 Å². The minimum atomic E-state index is -0.484. The number of carbonyl (C=O) groups excluding carboxylic acids is 1. The number of hydrogen-bond acceptors (Lipinski definition) is 3. The Balaban J connectivity index is 1.92. The van der Waals surface area contributed by atoms with Gasteiger partial charge < -0.3 is 9.64 Å². The molecule has 0 spiro atoms. The molecule has 1 unspecified atom stereocenters. The quantitative estimate of drug-likeness (QED) is 0.794. The number of likely N-dealkylation sites (tertiary alicyclic amines) is 1. The van der Waals surface area contributed by atoms with Gasteiger partial charge >= 0.3 is 6.09 Å². The number of carbonyl (C=O) groups is 1. The van der Waals surface area contributed by atoms with E-state index in [9.17, 15) is 9.18 Å². The third-order valence-corrected chi connectivity index (χ3v) is 4.74. The van der Waals surface area contributed by atoms with Gasteiger partial charge in [0.2, 0.25) is 0 Å². The van der Waals surface area contributed by atoms with E-state index in [0.29, 0.717) is 18.1 Å². The van der Waals surface area contributed by atoms with E-state index in [2.05, 4.69) is 0 Å². The first-order valence-electron chi connectivity index (χ1n) is 6.84. The molecule has 1 aromatic carbocycles. The van der Waals surface area contributed by atoms with E-state index in [-0.39, 0.29) is 17.2 Å². The van der Waals surface area contributed by atoms with Crippen molar-refractivity contribution >= 4 is 29.5 Å². The summed E-state index contributed by atoms with van der Waals surface area (Å²) >= 11 is 7.61. The van der Waals surface area contributed by atoms with E-state index in [1.165, 1.54) is 12.1 Å². The molecule has 1 heterocycles. The average molecular weight is 332 g/mol. The third-order valence-electron chi connectivity index (χ3n) is 2.98. The van der Waals surface area contributed by atoms with Crippen molar-refractivity contribution in [1.29, 1.82) is 0 Å². The zero-order valence-corrected chi connectivity index (χ0v) is 13.9. The SMILES string of the molecule is CC(C)(C)OC(=O)N1CCC(Sc2ccc(F)cc2Cl)C1. The fourth-order valence-electron chi connectivity index (χ4n) is 2.07. The molecule has 0 bridgehead atoms. The van der Waals surface area contributed by atoms with Gasteiger partial charge in [0.05, 0.1) is 5.02 Å². The van der Waals surface area contributed by atoms with Gasteiger partial charge in [0.15, 0.2) is 0 Å². The lowest BCUT2D eigenvalue weighted by atomic mass is 10.2. The Morgan fingerprint density at radius 3 is 2.81 bits per heavy atom. The molecule has 1 saturated heterocycles. The number of nitrogens with zero attached hydrogens (tertiary/aromatic N) is 1. The first kappa shape index (κ1) is 16.4. The lowest BCUT2D eigenvalue weighted by Crippen LogP contribution is -2.35. The van der Waals surface area contributed by atoms with Crippen LogP contribution in [0.2, 0.25) is 5.02 Å². The average Bonchev–Trinajstić information content (AvgIpc) is 2.79. The molecule has 0 aromatic heterocycles. The first-order chi connectivity index (χ1) is 9.74. The second-order valence-corrected chi connectivity index (χ2v) is 7.78. The molecule has 1 aliphatic heterocycles. The molecule has 116 valence electrons. The molecule has 21 heavy (non-hydrogen) atoms. The van der Waals surface area contributed by atoms with Gasteiger partial charge in [-0.15, -0.1) is 11.8 Å². The van der Waals surface area contributed by atoms with Crippen LogP contribution in [0.15, 0.2) is 23.1 Å². The minimum Gasteiger partial charge on any atom is -0.444 e. The molecule has 0 N–H and O–H groups in total. The van der Waals surface area contributed by atoms with Crippen molar-refractivity contribution in [2.45, 2.75) is 42.9 Å². The summed E-state index contributed by atoms with van der Waals surface area (Å²) < 4.78 is 18.4. The highest BCUT2D eigenvalue weighted by Gasteiger charge is 2.30. The van der Waals surface area contributed by atoms with Gasteiger partial charge in [0, 0.05) is 23.2 Å². The molecule has 0 aliphatic carbocycles. The largest absolute Gasteiger partial charge is 0.444 e. The minimum absolute atomic E-state index is 0.250. The molecule has 1 aromatic rings. The lowest BCUT2D eigenvalue weighted by Gasteiger charge is -2.24. The lowest BCUT2D eigenvalue weighted by molar-refractivity contribution is 0.0295. The van der Waals surface area contributed by atoms with Crippen LogP contribution in [0.4, 0.5) is 9.18 Å². The summed E-state index contributed by atoms with van der Waals surface area (Å²) in [7, 11) is 0. The van der Waals surface area contributed by atoms with Crippen LogP contribution >= 0.6 is 23.4 Å². The molecular formula is C15H19ClFNO2S. The van der Waals surface area contributed by atoms with E-state index in [1.54, 1.807) is 22.7 Å². The summed E-state index contributed by atoms with van der Waals surface area (Å²) in [6, 6.07) is 4.39. The zero-order chi connectivity index (χ0) is 15.6. The molecule has 2 rings (SSSR count). The first-order valence-corrected chi connectivity index (χ1v) is 8.10. The van der Waals surface area contributed by atoms with E-state index < -0.39 is 5.60 Å². The molecule has 0 saturated carbocycles. The number of halogens is 2. The summed E-state index contributed by atoms with van der Waals surface area (Å²) in [4.78, 5) is 14.5. The van der Waals surface area contributed by atoms with E-state index in [0.717, 1.165) is 11.3 Å². The van der Waals surface area contributed by atoms with Crippen molar-refractivity contribution in [2.75, 3.05) is 13.1 Å². The van der Waals surface area contributed by atoms with Crippen molar-refractivity contribution in [3.05, 3.63) is 29.0 Å². The van der Waals surface area contributed by atoms with Crippen LogP contribution in [0.1, 0.15) is 27.2 Å². The standard InChI is InChI=1S/C15H19ClFNO2S/c1-15(2,3)20-14(19)18-7-6-11(9-18)21-13-5-4-10(17)8-12(13)16/h4-5,8,11H,6-7,9H2,1-3H3. The number of hydrogen-bond donors (Lipinski definition) is 0. The maximum Gasteiger partial charge on any atom is 0.410 e. The third kappa shape index (κ3) is 4.78. The molecule has 3 nitrogen and oxygen atoms in total. The van der Waals surface area contributed by atoms with Crippen molar-refractivity contribution in [3.63, 3.8) is 0 Å². The second kappa shape index (κ2) is 6.44. The summed E-state index contributed by atoms with van der Waals surface area (Å²) in [5, 5.41) is 0.663. The predicted octanol–water partition coefficient (Wildman–Crippen LogP) is 4.58. The normalized spacial score (nSPS) is 18.9. The van der Waals surface area contributed by atoms with Gasteiger partial charge in [-0.2, -0.15) is 0 Å². The second-order valence-electron chi connectivity index (χ2n) is 6.03. The maximum atomic E-state index is 13.0. The fraction of sp³-hybridized carbons (Fsp3) is 0.533. The Labute approximate surface area is 133 Å². The summed E-state index contributed by atoms with van der Waals surface area (Å²) in [5.74, 6) is -0.342. The Morgan fingerprint density at radius 1 is 1.48 bits per heavy atom. The van der Waals surface area contributed by atoms with Crippen molar-refractivity contribution < 1.29 is 13.9 Å². The van der Waals surface area contributed by atoms with Crippen LogP contribution in [0.5, 0.6) is 0 Å². The highest BCUT2D eigenvalue weighted by atomic mass is 35.5. The Morgan fingerprint density at radius 2 is 2.19 bits per heavy atom. The van der Waals surface area contributed by atoms with E-state index in [1.807, 2.05) is 20.8 Å². The van der Waals surface area contributed by atoms with Gasteiger partial charge in [-0.05, 0) is 45.4 Å². The Bertz CT molecular complexity index is 533. The smallest absolute Gasteiger partial charge is 0.410 e. The summed E-state index contributed by atoms with van der Waals surface area (Å²) in [5.41, 5.74) is -0.484. The van der Waals surface area contributed by atoms with Crippen LogP contribution in [-0.2, 0) is 4.74 Å². The summed E-state index contributed by atoms with van der Waals surface area (Å²) in [6.45, 7) is 6.85. The fourth-order valence-corrected chi connectivity index (χ4v) is 3.52. The molecule has 1 aliphatic rings. The van der Waals surface area contributed by atoms with Gasteiger partial charge in [-0.25, -0.2) is 9.18 Å². The van der Waals surface area contributed by atoms with Gasteiger partial charge in [-0.3, -0.25) is 0 Å². The number of ether oxygens (including phenoxy) is 1. The van der Waals surface area contributed by atoms with E-state index in [4.69, 9.17) is 16.3 Å². The van der Waals surface area contributed by atoms with Gasteiger partial charge in [0.25, 0.3) is 0 Å². The molecule has 6 heteroatoms. The monoisotopic (exact) mass is 331 g/mol. The maximum absolute atomic E-state index is 13.0. The zero-order valence-electron chi connectivity index (χ0n) is 12.4. The topological polar surface area (TPSA) is 29.5 Å². The number of rotatable bonds is 2. The Kier molecular flexibility index (Phi) is 5.04. The predicted molar refractivity (Wildman–Crippen MR) is 83.5 cm³/mol. The number of benzene rings is 1. The van der Waals surface area contributed by atoms with E-state index >= 15 is 0 Å². The number of thioether (sulfide) groups is 1. The molecule has 1 atom stereocenters. The van der Waals surface area contributed by atoms with Crippen molar-refractivity contribution in [2.24, 2.45) is 0 Å². The van der Waals surface area contributed by atoms with Crippen LogP contribution in [-0.4, -0.2) is 34.9 Å². The van der Waals surface area contributed by atoms with Gasteiger partial charge in [0.1, 0.15) is 11.4 Å². The highest BCUT2D eigenvalue weighted by molar-refractivity contribution is 8.00. The molecule has 0 radical (unpaired) electrons.